The lowest BCUT2D eigenvalue weighted by Gasteiger charge is -2.46. The zero-order valence-electron chi connectivity index (χ0n) is 19.8. The monoisotopic (exact) mass is 502 g/mol. The number of nitrogens with one attached hydrogen (secondary N) is 2. The molecule has 0 aromatic heterocycles. The van der Waals surface area contributed by atoms with Gasteiger partial charge in [0.15, 0.2) is 0 Å². The lowest BCUT2D eigenvalue weighted by Crippen LogP contribution is -2.69. The van der Waals surface area contributed by atoms with Crippen LogP contribution in [0.25, 0.3) is 11.1 Å². The van der Waals surface area contributed by atoms with Gasteiger partial charge in [0.1, 0.15) is 12.0 Å². The van der Waals surface area contributed by atoms with Gasteiger partial charge in [0.25, 0.3) is 5.91 Å². The molecule has 36 heavy (non-hydrogen) atoms. The van der Waals surface area contributed by atoms with E-state index in [1.54, 1.807) is 35.2 Å². The number of hydrogen-bond acceptors (Lipinski definition) is 5. The number of rotatable bonds is 4. The third-order valence-corrected chi connectivity index (χ3v) is 7.25. The second kappa shape index (κ2) is 10.1. The summed E-state index contributed by atoms with van der Waals surface area (Å²) in [6.07, 6.45) is -0.767. The molecule has 3 unspecified atom stereocenters. The predicted octanol–water partition coefficient (Wildman–Crippen LogP) is 3.57. The molecule has 7 nitrogen and oxygen atoms in total. The molecule has 2 saturated heterocycles. The van der Waals surface area contributed by atoms with Gasteiger partial charge in [-0.3, -0.25) is 19.8 Å². The van der Waals surface area contributed by atoms with E-state index in [9.17, 15) is 22.8 Å². The molecular formula is C26H29F3N4O3. The van der Waals surface area contributed by atoms with Crippen molar-refractivity contribution in [1.29, 1.82) is 0 Å². The topological polar surface area (TPSA) is 73.9 Å². The van der Waals surface area contributed by atoms with Gasteiger partial charge in [-0.1, -0.05) is 37.1 Å². The Balaban J connectivity index is 1.17. The van der Waals surface area contributed by atoms with Gasteiger partial charge in [0.2, 0.25) is 5.91 Å². The van der Waals surface area contributed by atoms with E-state index in [1.807, 2.05) is 0 Å². The van der Waals surface area contributed by atoms with Gasteiger partial charge in [0, 0.05) is 37.8 Å². The molecule has 2 aromatic carbocycles. The molecule has 10 heteroatoms. The maximum absolute atomic E-state index is 13.1. The molecule has 2 N–H and O–H groups in total. The molecule has 3 fully saturated rings. The van der Waals surface area contributed by atoms with Crippen LogP contribution in [-0.4, -0.2) is 66.5 Å². The Morgan fingerprint density at radius 3 is 2.39 bits per heavy atom. The summed E-state index contributed by atoms with van der Waals surface area (Å²) in [5, 5.41) is 6.69. The average molecular weight is 503 g/mol. The van der Waals surface area contributed by atoms with Crippen LogP contribution in [0, 0.1) is 5.92 Å². The SMILES string of the molecule is O=C1NC(N2CCN(C(=O)c3ccc(-c4cccc(OC(F)(F)F)c4)cc3)CC2)NC2CCCCC12. The molecule has 1 saturated carbocycles. The second-order valence-electron chi connectivity index (χ2n) is 9.56. The Hall–Kier alpha value is -3.11. The fourth-order valence-corrected chi connectivity index (χ4v) is 5.37. The Morgan fingerprint density at radius 2 is 1.67 bits per heavy atom. The minimum absolute atomic E-state index is 0.0560. The lowest BCUT2D eigenvalue weighted by molar-refractivity contribution is -0.274. The molecule has 3 atom stereocenters. The number of nitrogens with zero attached hydrogens (tertiary/aromatic N) is 2. The van der Waals surface area contributed by atoms with Gasteiger partial charge in [-0.05, 0) is 48.2 Å². The summed E-state index contributed by atoms with van der Waals surface area (Å²) in [6.45, 7) is 2.37. The number of carbonyl (C=O) groups excluding carboxylic acids is 2. The van der Waals surface area contributed by atoms with Crippen LogP contribution in [0.3, 0.4) is 0 Å². The minimum Gasteiger partial charge on any atom is -0.406 e. The number of benzene rings is 2. The number of ether oxygens (including phenoxy) is 1. The summed E-state index contributed by atoms with van der Waals surface area (Å²) < 4.78 is 41.6. The van der Waals surface area contributed by atoms with Crippen LogP contribution in [-0.2, 0) is 4.79 Å². The summed E-state index contributed by atoms with van der Waals surface area (Å²) in [4.78, 5) is 29.6. The fourth-order valence-electron chi connectivity index (χ4n) is 5.37. The highest BCUT2D eigenvalue weighted by Crippen LogP contribution is 2.29. The quantitative estimate of drug-likeness (QED) is 0.669. The number of piperazine rings is 1. The smallest absolute Gasteiger partial charge is 0.406 e. The van der Waals surface area contributed by atoms with Gasteiger partial charge in [-0.25, -0.2) is 0 Å². The van der Waals surface area contributed by atoms with Crippen molar-refractivity contribution >= 4 is 11.8 Å². The Kier molecular flexibility index (Phi) is 6.90. The highest BCUT2D eigenvalue weighted by atomic mass is 19.4. The maximum atomic E-state index is 13.1. The first-order valence-electron chi connectivity index (χ1n) is 12.3. The van der Waals surface area contributed by atoms with Crippen LogP contribution < -0.4 is 15.4 Å². The molecular weight excluding hydrogens is 473 g/mol. The van der Waals surface area contributed by atoms with Crippen LogP contribution in [0.15, 0.2) is 48.5 Å². The standard InChI is InChI=1S/C26H29F3N4O3/c27-26(28,29)36-20-5-3-4-19(16-20)17-8-10-18(11-9-17)24(35)32-12-14-33(15-13-32)25-30-22-7-2-1-6-21(22)23(34)31-25/h3-5,8-11,16,21-22,25,30H,1-2,6-7,12-15H2,(H,31,34). The van der Waals surface area contributed by atoms with Gasteiger partial charge in [-0.2, -0.15) is 0 Å². The summed E-state index contributed by atoms with van der Waals surface area (Å²) in [5.74, 6) is -0.206. The van der Waals surface area contributed by atoms with Gasteiger partial charge >= 0.3 is 6.36 Å². The molecule has 2 amide bonds. The first kappa shape index (κ1) is 24.6. The van der Waals surface area contributed by atoms with Crippen molar-refractivity contribution in [2.75, 3.05) is 26.2 Å². The zero-order chi connectivity index (χ0) is 25.3. The van der Waals surface area contributed by atoms with Gasteiger partial charge in [0.05, 0.1) is 5.92 Å². The number of fused-ring (bicyclic) bond motifs is 1. The third kappa shape index (κ3) is 5.49. The van der Waals surface area contributed by atoms with Crippen molar-refractivity contribution in [2.45, 2.75) is 44.4 Å². The molecule has 0 bridgehead atoms. The summed E-state index contributed by atoms with van der Waals surface area (Å²) >= 11 is 0. The zero-order valence-corrected chi connectivity index (χ0v) is 19.8. The van der Waals surface area contributed by atoms with Crippen molar-refractivity contribution in [3.8, 4) is 16.9 Å². The average Bonchev–Trinajstić information content (AvgIpc) is 2.88. The van der Waals surface area contributed by atoms with Crippen molar-refractivity contribution in [3.63, 3.8) is 0 Å². The normalized spacial score (nSPS) is 25.1. The predicted molar refractivity (Wildman–Crippen MR) is 127 cm³/mol. The van der Waals surface area contributed by atoms with Gasteiger partial charge < -0.3 is 15.0 Å². The van der Waals surface area contributed by atoms with E-state index in [0.29, 0.717) is 42.9 Å². The molecule has 2 aromatic rings. The first-order chi connectivity index (χ1) is 17.3. The van der Waals surface area contributed by atoms with E-state index in [1.165, 1.54) is 18.2 Å². The first-order valence-corrected chi connectivity index (χ1v) is 12.3. The van der Waals surface area contributed by atoms with E-state index in [0.717, 1.165) is 25.7 Å². The Morgan fingerprint density at radius 1 is 0.944 bits per heavy atom. The molecule has 0 radical (unpaired) electrons. The van der Waals surface area contributed by atoms with Crippen LogP contribution >= 0.6 is 0 Å². The van der Waals surface area contributed by atoms with Crippen LogP contribution in [0.2, 0.25) is 0 Å². The van der Waals surface area contributed by atoms with E-state index >= 15 is 0 Å². The van der Waals surface area contributed by atoms with E-state index in [2.05, 4.69) is 20.3 Å². The Bertz CT molecular complexity index is 1100. The molecule has 3 aliphatic rings. The third-order valence-electron chi connectivity index (χ3n) is 7.25. The highest BCUT2D eigenvalue weighted by Gasteiger charge is 2.40. The number of halogens is 3. The molecule has 5 rings (SSSR count). The van der Waals surface area contributed by atoms with Crippen LogP contribution in [0.4, 0.5) is 13.2 Å². The summed E-state index contributed by atoms with van der Waals surface area (Å²) in [6, 6.07) is 12.8. The summed E-state index contributed by atoms with van der Waals surface area (Å²) in [7, 11) is 0. The van der Waals surface area contributed by atoms with E-state index < -0.39 is 6.36 Å². The van der Waals surface area contributed by atoms with E-state index in [4.69, 9.17) is 0 Å². The lowest BCUT2D eigenvalue weighted by atomic mass is 9.82. The van der Waals surface area contributed by atoms with Crippen molar-refractivity contribution in [3.05, 3.63) is 54.1 Å². The highest BCUT2D eigenvalue weighted by molar-refractivity contribution is 5.94. The van der Waals surface area contributed by atoms with Crippen molar-refractivity contribution < 1.29 is 27.5 Å². The molecule has 2 aliphatic heterocycles. The maximum Gasteiger partial charge on any atom is 0.573 e. The summed E-state index contributed by atoms with van der Waals surface area (Å²) in [5.41, 5.74) is 1.76. The largest absolute Gasteiger partial charge is 0.573 e. The molecule has 2 heterocycles. The Labute approximate surface area is 207 Å². The minimum atomic E-state index is -4.75. The van der Waals surface area contributed by atoms with Gasteiger partial charge in [-0.15, -0.1) is 13.2 Å². The number of hydrogen-bond donors (Lipinski definition) is 2. The fraction of sp³-hybridized carbons (Fsp3) is 0.462. The number of carbonyl (C=O) groups is 2. The number of amides is 2. The molecule has 1 aliphatic carbocycles. The molecule has 192 valence electrons. The van der Waals surface area contributed by atoms with E-state index in [-0.39, 0.29) is 35.8 Å². The van der Waals surface area contributed by atoms with Crippen molar-refractivity contribution in [2.24, 2.45) is 5.92 Å². The second-order valence-corrected chi connectivity index (χ2v) is 9.56. The molecule has 0 spiro atoms. The van der Waals surface area contributed by atoms with Crippen LogP contribution in [0.1, 0.15) is 36.0 Å². The van der Waals surface area contributed by atoms with Crippen molar-refractivity contribution in [1.82, 2.24) is 20.4 Å². The number of alkyl halides is 3. The van der Waals surface area contributed by atoms with Crippen LogP contribution in [0.5, 0.6) is 5.75 Å².